The number of aromatic nitrogens is 2. The fourth-order valence-corrected chi connectivity index (χ4v) is 3.52. The van der Waals surface area contributed by atoms with Gasteiger partial charge in [-0.1, -0.05) is 38.1 Å². The quantitative estimate of drug-likeness (QED) is 0.642. The third-order valence-electron chi connectivity index (χ3n) is 5.13. The SMILES string of the molecule is CC(C)c1cc(-c2ccc(F)c3ccccc23)nc(N(C)C2CCCO2)n1.[H-].[Na+]. The second-order valence-electron chi connectivity index (χ2n) is 7.35. The summed E-state index contributed by atoms with van der Waals surface area (Å²) in [5, 5.41) is 1.46. The summed E-state index contributed by atoms with van der Waals surface area (Å²) >= 11 is 0. The Morgan fingerprint density at radius 1 is 1.14 bits per heavy atom. The van der Waals surface area contributed by atoms with Crippen LogP contribution < -0.4 is 34.5 Å². The van der Waals surface area contributed by atoms with Gasteiger partial charge < -0.3 is 11.1 Å². The van der Waals surface area contributed by atoms with Crippen LogP contribution in [0.25, 0.3) is 22.0 Å². The van der Waals surface area contributed by atoms with Crippen LogP contribution in [0.3, 0.4) is 0 Å². The Labute approximate surface area is 188 Å². The molecule has 0 radical (unpaired) electrons. The fourth-order valence-electron chi connectivity index (χ4n) is 3.52. The zero-order valence-corrected chi connectivity index (χ0v) is 18.9. The van der Waals surface area contributed by atoms with Crippen LogP contribution in [-0.2, 0) is 4.74 Å². The minimum atomic E-state index is -0.218. The van der Waals surface area contributed by atoms with Crippen molar-refractivity contribution in [1.29, 1.82) is 0 Å². The van der Waals surface area contributed by atoms with Crippen molar-refractivity contribution in [3.63, 3.8) is 0 Å². The van der Waals surface area contributed by atoms with Gasteiger partial charge in [-0.15, -0.1) is 0 Å². The monoisotopic (exact) mass is 389 g/mol. The minimum absolute atomic E-state index is 0. The molecule has 1 aliphatic heterocycles. The van der Waals surface area contributed by atoms with Gasteiger partial charge in [0.1, 0.15) is 12.0 Å². The minimum Gasteiger partial charge on any atom is -1.00 e. The van der Waals surface area contributed by atoms with Crippen LogP contribution in [0.5, 0.6) is 0 Å². The zero-order valence-electron chi connectivity index (χ0n) is 17.9. The Hall–Kier alpha value is -1.53. The van der Waals surface area contributed by atoms with E-state index in [1.807, 2.05) is 36.2 Å². The molecule has 1 atom stereocenters. The number of halogens is 1. The van der Waals surface area contributed by atoms with Gasteiger partial charge in [-0.25, -0.2) is 14.4 Å². The molecule has 1 aromatic heterocycles. The standard InChI is InChI=1S/C22H24FN3O.Na.H/c1-14(2)19-13-20(25-22(24-19)26(3)21-9-6-12-27-21)17-10-11-18(23)16-8-5-4-7-15(16)17;;/h4-5,7-8,10-11,13-14,21H,6,9,12H2,1-3H3;;/q;+1;-1. The first-order chi connectivity index (χ1) is 13.0. The van der Waals surface area contributed by atoms with Crippen LogP contribution in [0.1, 0.15) is 39.7 Å². The van der Waals surface area contributed by atoms with E-state index >= 15 is 0 Å². The summed E-state index contributed by atoms with van der Waals surface area (Å²) in [6, 6.07) is 12.8. The first kappa shape index (κ1) is 21.2. The topological polar surface area (TPSA) is 38.2 Å². The maximum atomic E-state index is 14.2. The van der Waals surface area contributed by atoms with Gasteiger partial charge in [0.05, 0.1) is 5.69 Å². The molecule has 0 N–H and O–H groups in total. The van der Waals surface area contributed by atoms with Crippen LogP contribution in [0, 0.1) is 5.82 Å². The molecule has 6 heteroatoms. The first-order valence-corrected chi connectivity index (χ1v) is 9.45. The fraction of sp³-hybridized carbons (Fsp3) is 0.364. The molecule has 0 spiro atoms. The van der Waals surface area contributed by atoms with E-state index in [0.717, 1.165) is 41.8 Å². The molecule has 1 aliphatic rings. The Morgan fingerprint density at radius 3 is 2.57 bits per heavy atom. The smallest absolute Gasteiger partial charge is 1.00 e. The van der Waals surface area contributed by atoms with Crippen molar-refractivity contribution in [2.24, 2.45) is 0 Å². The maximum absolute atomic E-state index is 14.2. The number of ether oxygens (including phenoxy) is 1. The predicted molar refractivity (Wildman–Crippen MR) is 108 cm³/mol. The molecule has 0 bridgehead atoms. The molecular weight excluding hydrogens is 364 g/mol. The summed E-state index contributed by atoms with van der Waals surface area (Å²) in [5.74, 6) is 0.691. The van der Waals surface area contributed by atoms with E-state index in [1.165, 1.54) is 6.07 Å². The van der Waals surface area contributed by atoms with Gasteiger partial charge in [0.2, 0.25) is 5.95 Å². The third kappa shape index (κ3) is 4.08. The van der Waals surface area contributed by atoms with Crippen LogP contribution in [0.2, 0.25) is 0 Å². The van der Waals surface area contributed by atoms with E-state index in [1.54, 1.807) is 12.1 Å². The van der Waals surface area contributed by atoms with Crippen LogP contribution in [0.4, 0.5) is 10.3 Å². The van der Waals surface area contributed by atoms with E-state index in [0.29, 0.717) is 11.3 Å². The number of hydrogen-bond acceptors (Lipinski definition) is 4. The Bertz CT molecular complexity index is 979. The predicted octanol–water partition coefficient (Wildman–Crippen LogP) is 2.25. The van der Waals surface area contributed by atoms with E-state index in [9.17, 15) is 4.39 Å². The molecule has 3 aromatic rings. The second-order valence-corrected chi connectivity index (χ2v) is 7.35. The molecule has 1 fully saturated rings. The largest absolute Gasteiger partial charge is 1.00 e. The van der Waals surface area contributed by atoms with E-state index in [-0.39, 0.29) is 48.9 Å². The summed E-state index contributed by atoms with van der Waals surface area (Å²) in [6.07, 6.45) is 2.03. The van der Waals surface area contributed by atoms with Gasteiger partial charge in [-0.2, -0.15) is 0 Å². The van der Waals surface area contributed by atoms with Crippen LogP contribution >= 0.6 is 0 Å². The van der Waals surface area contributed by atoms with Crippen molar-refractivity contribution in [2.45, 2.75) is 38.8 Å². The van der Waals surface area contributed by atoms with Crippen molar-refractivity contribution in [1.82, 2.24) is 9.97 Å². The third-order valence-corrected chi connectivity index (χ3v) is 5.13. The van der Waals surface area contributed by atoms with Crippen LogP contribution in [0.15, 0.2) is 42.5 Å². The second kappa shape index (κ2) is 8.87. The van der Waals surface area contributed by atoms with Gasteiger partial charge >= 0.3 is 29.6 Å². The molecule has 1 unspecified atom stereocenters. The maximum Gasteiger partial charge on any atom is 1.00 e. The molecule has 4 rings (SSSR count). The zero-order chi connectivity index (χ0) is 19.0. The van der Waals surface area contributed by atoms with Crippen molar-refractivity contribution < 1.29 is 40.1 Å². The summed E-state index contributed by atoms with van der Waals surface area (Å²) in [7, 11) is 1.97. The number of anilines is 1. The summed E-state index contributed by atoms with van der Waals surface area (Å²) in [6.45, 7) is 5.00. The van der Waals surface area contributed by atoms with Gasteiger partial charge in [0, 0.05) is 30.3 Å². The van der Waals surface area contributed by atoms with Crippen molar-refractivity contribution in [2.75, 3.05) is 18.6 Å². The molecule has 28 heavy (non-hydrogen) atoms. The number of hydrogen-bond donors (Lipinski definition) is 0. The average Bonchev–Trinajstić information content (AvgIpc) is 3.22. The van der Waals surface area contributed by atoms with Crippen molar-refractivity contribution >= 4 is 16.7 Å². The normalized spacial score (nSPS) is 16.4. The Balaban J connectivity index is 0.00000150. The van der Waals surface area contributed by atoms with Crippen molar-refractivity contribution in [3.8, 4) is 11.3 Å². The number of fused-ring (bicyclic) bond motifs is 1. The van der Waals surface area contributed by atoms with Gasteiger partial charge in [0.15, 0.2) is 0 Å². The van der Waals surface area contributed by atoms with Crippen molar-refractivity contribution in [3.05, 3.63) is 54.0 Å². The Morgan fingerprint density at radius 2 is 1.89 bits per heavy atom. The molecular formula is C22H25FN3NaO. The van der Waals surface area contributed by atoms with E-state index in [4.69, 9.17) is 14.7 Å². The van der Waals surface area contributed by atoms with E-state index < -0.39 is 0 Å². The molecule has 1 saturated heterocycles. The number of benzene rings is 2. The molecule has 0 aliphatic carbocycles. The van der Waals surface area contributed by atoms with Gasteiger partial charge in [-0.3, -0.25) is 0 Å². The summed E-state index contributed by atoms with van der Waals surface area (Å²) in [4.78, 5) is 11.6. The molecule has 4 nitrogen and oxygen atoms in total. The van der Waals surface area contributed by atoms with E-state index in [2.05, 4.69) is 13.8 Å². The van der Waals surface area contributed by atoms with Gasteiger partial charge in [-0.05, 0) is 42.3 Å². The van der Waals surface area contributed by atoms with Crippen LogP contribution in [-0.4, -0.2) is 29.9 Å². The summed E-state index contributed by atoms with van der Waals surface area (Å²) in [5.41, 5.74) is 2.69. The molecule has 142 valence electrons. The molecule has 0 amide bonds. The number of nitrogens with zero attached hydrogens (tertiary/aromatic N) is 3. The molecule has 2 aromatic carbocycles. The van der Waals surface area contributed by atoms with Gasteiger partial charge in [0.25, 0.3) is 0 Å². The first-order valence-electron chi connectivity index (χ1n) is 9.45. The molecule has 0 saturated carbocycles. The molecule has 2 heterocycles. The summed E-state index contributed by atoms with van der Waals surface area (Å²) < 4.78 is 20.0. The average molecular weight is 389 g/mol. The Kier molecular flexibility index (Phi) is 6.71. The number of rotatable bonds is 4.